The van der Waals surface area contributed by atoms with E-state index >= 15 is 0 Å². The van der Waals surface area contributed by atoms with Gasteiger partial charge in [0.25, 0.3) is 0 Å². The van der Waals surface area contributed by atoms with Crippen LogP contribution < -0.4 is 10.5 Å². The molecule has 2 aromatic carbocycles. The number of thioether (sulfide) groups is 1. The predicted molar refractivity (Wildman–Crippen MR) is 81.6 cm³/mol. The van der Waals surface area contributed by atoms with Crippen molar-refractivity contribution in [2.24, 2.45) is 5.73 Å². The molecule has 0 bridgehead atoms. The smallest absolute Gasteiger partial charge is 0.159 e. The van der Waals surface area contributed by atoms with Gasteiger partial charge in [0, 0.05) is 16.5 Å². The summed E-state index contributed by atoms with van der Waals surface area (Å²) in [6.45, 7) is 1.88. The van der Waals surface area contributed by atoms with E-state index < -0.39 is 11.6 Å². The maximum Gasteiger partial charge on any atom is 0.159 e. The first-order valence-electron chi connectivity index (χ1n) is 6.53. The summed E-state index contributed by atoms with van der Waals surface area (Å²) in [6.07, 6.45) is 0. The van der Waals surface area contributed by atoms with Crippen molar-refractivity contribution in [3.8, 4) is 5.75 Å². The van der Waals surface area contributed by atoms with Gasteiger partial charge in [-0.2, -0.15) is 0 Å². The zero-order chi connectivity index (χ0) is 15.4. The fourth-order valence-corrected chi connectivity index (χ4v) is 3.20. The molecule has 2 N–H and O–H groups in total. The molecule has 0 aromatic heterocycles. The van der Waals surface area contributed by atoms with Crippen molar-refractivity contribution in [1.29, 1.82) is 0 Å². The Bertz CT molecular complexity index is 619. The highest BCUT2D eigenvalue weighted by atomic mass is 32.2. The lowest BCUT2D eigenvalue weighted by Crippen LogP contribution is -2.23. The number of para-hydroxylation sites is 1. The van der Waals surface area contributed by atoms with Crippen molar-refractivity contribution in [2.45, 2.75) is 23.1 Å². The SMILES string of the molecule is COc1ccccc1C(Sc1ccc(F)c(F)c1)C(C)N. The van der Waals surface area contributed by atoms with E-state index in [0.717, 1.165) is 17.4 Å². The molecule has 2 nitrogen and oxygen atoms in total. The third-order valence-corrected chi connectivity index (χ3v) is 4.54. The Hall–Kier alpha value is -1.59. The summed E-state index contributed by atoms with van der Waals surface area (Å²) in [4.78, 5) is 0.627. The van der Waals surface area contributed by atoms with E-state index in [0.29, 0.717) is 4.90 Å². The van der Waals surface area contributed by atoms with Crippen molar-refractivity contribution >= 4 is 11.8 Å². The summed E-state index contributed by atoms with van der Waals surface area (Å²) in [7, 11) is 1.60. The molecule has 112 valence electrons. The molecule has 0 radical (unpaired) electrons. The predicted octanol–water partition coefficient (Wildman–Crippen LogP) is 4.15. The Labute approximate surface area is 127 Å². The van der Waals surface area contributed by atoms with E-state index in [4.69, 9.17) is 10.5 Å². The highest BCUT2D eigenvalue weighted by Crippen LogP contribution is 2.41. The normalized spacial score (nSPS) is 13.8. The van der Waals surface area contributed by atoms with Crippen LogP contribution in [0.1, 0.15) is 17.7 Å². The lowest BCUT2D eigenvalue weighted by molar-refractivity contribution is 0.408. The van der Waals surface area contributed by atoms with Crippen LogP contribution in [0, 0.1) is 11.6 Å². The van der Waals surface area contributed by atoms with Crippen LogP contribution in [0.3, 0.4) is 0 Å². The molecule has 2 aromatic rings. The Morgan fingerprint density at radius 3 is 2.43 bits per heavy atom. The van der Waals surface area contributed by atoms with E-state index in [1.807, 2.05) is 31.2 Å². The minimum atomic E-state index is -0.858. The van der Waals surface area contributed by atoms with Gasteiger partial charge >= 0.3 is 0 Å². The monoisotopic (exact) mass is 309 g/mol. The summed E-state index contributed by atoms with van der Waals surface area (Å²) in [5.41, 5.74) is 7.00. The molecule has 0 saturated carbocycles. The zero-order valence-electron chi connectivity index (χ0n) is 11.8. The molecule has 0 aliphatic rings. The Kier molecular flexibility index (Phi) is 5.20. The van der Waals surface area contributed by atoms with Crippen molar-refractivity contribution < 1.29 is 13.5 Å². The maximum absolute atomic E-state index is 13.3. The van der Waals surface area contributed by atoms with Gasteiger partial charge in [-0.05, 0) is 31.2 Å². The molecule has 0 saturated heterocycles. The molecule has 2 unspecified atom stereocenters. The largest absolute Gasteiger partial charge is 0.496 e. The number of halogens is 2. The van der Waals surface area contributed by atoms with Gasteiger partial charge in [0.15, 0.2) is 11.6 Å². The zero-order valence-corrected chi connectivity index (χ0v) is 12.7. The van der Waals surface area contributed by atoms with Crippen molar-refractivity contribution in [1.82, 2.24) is 0 Å². The first-order chi connectivity index (χ1) is 10.0. The lowest BCUT2D eigenvalue weighted by atomic mass is 10.1. The van der Waals surface area contributed by atoms with Crippen LogP contribution in [0.5, 0.6) is 5.75 Å². The Balaban J connectivity index is 2.33. The average molecular weight is 309 g/mol. The minimum Gasteiger partial charge on any atom is -0.496 e. The van der Waals surface area contributed by atoms with E-state index in [-0.39, 0.29) is 11.3 Å². The lowest BCUT2D eigenvalue weighted by Gasteiger charge is -2.23. The molecule has 0 aliphatic heterocycles. The van der Waals surface area contributed by atoms with E-state index in [9.17, 15) is 8.78 Å². The van der Waals surface area contributed by atoms with Crippen LogP contribution in [0.25, 0.3) is 0 Å². The van der Waals surface area contributed by atoms with Crippen molar-refractivity contribution in [2.75, 3.05) is 7.11 Å². The standard InChI is InChI=1S/C16H17F2NOS/c1-10(19)16(12-5-3-4-6-15(12)20-2)21-11-7-8-13(17)14(18)9-11/h3-10,16H,19H2,1-2H3. The number of nitrogens with two attached hydrogens (primary N) is 1. The fourth-order valence-electron chi connectivity index (χ4n) is 2.05. The van der Waals surface area contributed by atoms with Crippen LogP contribution in [0.2, 0.25) is 0 Å². The number of hydrogen-bond acceptors (Lipinski definition) is 3. The molecule has 2 rings (SSSR count). The number of benzene rings is 2. The maximum atomic E-state index is 13.3. The van der Waals surface area contributed by atoms with E-state index in [1.54, 1.807) is 13.2 Å². The summed E-state index contributed by atoms with van der Waals surface area (Å²) in [6, 6.07) is 11.2. The Morgan fingerprint density at radius 2 is 1.81 bits per heavy atom. The second-order valence-electron chi connectivity index (χ2n) is 4.72. The topological polar surface area (TPSA) is 35.2 Å². The van der Waals surface area contributed by atoms with Gasteiger partial charge in [-0.3, -0.25) is 0 Å². The van der Waals surface area contributed by atoms with Gasteiger partial charge in [0.1, 0.15) is 5.75 Å². The first-order valence-corrected chi connectivity index (χ1v) is 7.41. The summed E-state index contributed by atoms with van der Waals surface area (Å²) < 4.78 is 31.7. The van der Waals surface area contributed by atoms with Crippen LogP contribution in [-0.2, 0) is 0 Å². The molecule has 0 aliphatic carbocycles. The average Bonchev–Trinajstić information content (AvgIpc) is 2.48. The van der Waals surface area contributed by atoms with Crippen LogP contribution in [0.15, 0.2) is 47.4 Å². The molecule has 0 fully saturated rings. The Morgan fingerprint density at radius 1 is 1.10 bits per heavy atom. The van der Waals surface area contributed by atoms with E-state index in [2.05, 4.69) is 0 Å². The minimum absolute atomic E-state index is 0.119. The highest BCUT2D eigenvalue weighted by Gasteiger charge is 2.21. The van der Waals surface area contributed by atoms with Crippen molar-refractivity contribution in [3.63, 3.8) is 0 Å². The number of rotatable bonds is 5. The van der Waals surface area contributed by atoms with Gasteiger partial charge in [0.2, 0.25) is 0 Å². The number of hydrogen-bond donors (Lipinski definition) is 1. The quantitative estimate of drug-likeness (QED) is 0.843. The second-order valence-corrected chi connectivity index (χ2v) is 5.93. The second kappa shape index (κ2) is 6.91. The molecule has 0 amide bonds. The molecule has 2 atom stereocenters. The van der Waals surface area contributed by atoms with Crippen LogP contribution in [0.4, 0.5) is 8.78 Å². The number of ether oxygens (including phenoxy) is 1. The molecule has 0 heterocycles. The third-order valence-electron chi connectivity index (χ3n) is 3.08. The van der Waals surface area contributed by atoms with Gasteiger partial charge in [0.05, 0.1) is 12.4 Å². The number of methoxy groups -OCH3 is 1. The summed E-state index contributed by atoms with van der Waals surface area (Å²) >= 11 is 1.39. The third kappa shape index (κ3) is 3.74. The van der Waals surface area contributed by atoms with Crippen LogP contribution >= 0.6 is 11.8 Å². The van der Waals surface area contributed by atoms with Crippen LogP contribution in [-0.4, -0.2) is 13.2 Å². The van der Waals surface area contributed by atoms with Gasteiger partial charge in [-0.1, -0.05) is 18.2 Å². The molecular weight excluding hydrogens is 292 g/mol. The van der Waals surface area contributed by atoms with Gasteiger partial charge < -0.3 is 10.5 Å². The molecular formula is C16H17F2NOS. The van der Waals surface area contributed by atoms with Gasteiger partial charge in [-0.25, -0.2) is 8.78 Å². The fraction of sp³-hybridized carbons (Fsp3) is 0.250. The van der Waals surface area contributed by atoms with Crippen molar-refractivity contribution in [3.05, 3.63) is 59.7 Å². The summed E-state index contributed by atoms with van der Waals surface area (Å²) in [5, 5.41) is -0.119. The summed E-state index contributed by atoms with van der Waals surface area (Å²) in [5.74, 6) is -0.979. The first kappa shape index (κ1) is 15.8. The molecule has 21 heavy (non-hydrogen) atoms. The molecule has 0 spiro atoms. The molecule has 5 heteroatoms. The van der Waals surface area contributed by atoms with E-state index in [1.165, 1.54) is 17.8 Å². The highest BCUT2D eigenvalue weighted by molar-refractivity contribution is 7.99. The van der Waals surface area contributed by atoms with Gasteiger partial charge in [-0.15, -0.1) is 11.8 Å².